The quantitative estimate of drug-likeness (QED) is 0.809. The maximum absolute atomic E-state index is 13.0. The van der Waals surface area contributed by atoms with Gasteiger partial charge in [0.2, 0.25) is 11.8 Å². The van der Waals surface area contributed by atoms with Gasteiger partial charge in [-0.2, -0.15) is 0 Å². The summed E-state index contributed by atoms with van der Waals surface area (Å²) in [7, 11) is 0. The van der Waals surface area contributed by atoms with Gasteiger partial charge in [0.1, 0.15) is 18.6 Å². The fourth-order valence-electron chi connectivity index (χ4n) is 3.89. The van der Waals surface area contributed by atoms with Crippen molar-refractivity contribution in [1.29, 1.82) is 0 Å². The van der Waals surface area contributed by atoms with Gasteiger partial charge in [0.15, 0.2) is 5.17 Å². The predicted molar refractivity (Wildman–Crippen MR) is 123 cm³/mol. The summed E-state index contributed by atoms with van der Waals surface area (Å²) >= 11 is 1.39. The van der Waals surface area contributed by atoms with Crippen LogP contribution in [0.15, 0.2) is 41.4 Å². The lowest BCUT2D eigenvalue weighted by molar-refractivity contribution is -0.128. The molecule has 0 spiro atoms. The third kappa shape index (κ3) is 4.07. The van der Waals surface area contributed by atoms with Gasteiger partial charge in [-0.25, -0.2) is 4.99 Å². The van der Waals surface area contributed by atoms with Gasteiger partial charge in [0, 0.05) is 17.8 Å². The first-order valence-electron chi connectivity index (χ1n) is 10.0. The molecule has 6 nitrogen and oxygen atoms in total. The van der Waals surface area contributed by atoms with Crippen LogP contribution in [0.25, 0.3) is 0 Å². The molecule has 1 saturated heterocycles. The van der Waals surface area contributed by atoms with Gasteiger partial charge < -0.3 is 10.2 Å². The SMILES string of the molecule is Cc1ccc(NC(=O)C[C@H]2SC3=NCN(c4ccc(C)cc4C)CN3C2=O)c(C)c1. The molecule has 7 heteroatoms. The van der Waals surface area contributed by atoms with Crippen LogP contribution in [-0.4, -0.2) is 40.5 Å². The monoisotopic (exact) mass is 422 g/mol. The van der Waals surface area contributed by atoms with E-state index in [9.17, 15) is 9.59 Å². The van der Waals surface area contributed by atoms with Gasteiger partial charge in [0.05, 0.1) is 0 Å². The predicted octanol–water partition coefficient (Wildman–Crippen LogP) is 3.98. The Morgan fingerprint density at radius 1 is 1.10 bits per heavy atom. The van der Waals surface area contributed by atoms with Crippen LogP contribution >= 0.6 is 11.8 Å². The number of rotatable bonds is 4. The number of aryl methyl sites for hydroxylation is 4. The molecule has 2 aromatic carbocycles. The lowest BCUT2D eigenvalue weighted by atomic mass is 10.1. The van der Waals surface area contributed by atoms with Crippen molar-refractivity contribution in [2.24, 2.45) is 4.99 Å². The molecule has 0 radical (unpaired) electrons. The summed E-state index contributed by atoms with van der Waals surface area (Å²) in [5.41, 5.74) is 6.40. The van der Waals surface area contributed by atoms with E-state index in [4.69, 9.17) is 0 Å². The second-order valence-electron chi connectivity index (χ2n) is 8.00. The number of nitrogens with zero attached hydrogens (tertiary/aromatic N) is 3. The topological polar surface area (TPSA) is 65.0 Å². The average Bonchev–Trinajstić information content (AvgIpc) is 2.99. The van der Waals surface area contributed by atoms with Crippen molar-refractivity contribution in [3.63, 3.8) is 0 Å². The van der Waals surface area contributed by atoms with Crippen molar-refractivity contribution in [2.75, 3.05) is 23.6 Å². The van der Waals surface area contributed by atoms with E-state index in [1.54, 1.807) is 4.90 Å². The van der Waals surface area contributed by atoms with Crippen molar-refractivity contribution in [3.8, 4) is 0 Å². The zero-order chi connectivity index (χ0) is 21.4. The van der Waals surface area contributed by atoms with Crippen LogP contribution in [0.3, 0.4) is 0 Å². The van der Waals surface area contributed by atoms with Gasteiger partial charge in [-0.15, -0.1) is 0 Å². The average molecular weight is 423 g/mol. The van der Waals surface area contributed by atoms with Crippen molar-refractivity contribution < 1.29 is 9.59 Å². The summed E-state index contributed by atoms with van der Waals surface area (Å²) in [6.07, 6.45) is 0.135. The highest BCUT2D eigenvalue weighted by atomic mass is 32.2. The van der Waals surface area contributed by atoms with Crippen LogP contribution in [-0.2, 0) is 9.59 Å². The van der Waals surface area contributed by atoms with Gasteiger partial charge in [-0.3, -0.25) is 14.5 Å². The van der Waals surface area contributed by atoms with Crippen LogP contribution in [0.5, 0.6) is 0 Å². The third-order valence-electron chi connectivity index (χ3n) is 5.43. The summed E-state index contributed by atoms with van der Waals surface area (Å²) in [5.74, 6) is -0.205. The molecule has 0 saturated carbocycles. The Balaban J connectivity index is 1.42. The molecule has 1 fully saturated rings. The van der Waals surface area contributed by atoms with E-state index in [-0.39, 0.29) is 18.2 Å². The highest BCUT2D eigenvalue weighted by Crippen LogP contribution is 2.34. The minimum atomic E-state index is -0.437. The zero-order valence-corrected chi connectivity index (χ0v) is 18.5. The molecule has 1 atom stereocenters. The van der Waals surface area contributed by atoms with Crippen LogP contribution in [0.2, 0.25) is 0 Å². The lowest BCUT2D eigenvalue weighted by Crippen LogP contribution is -2.46. The van der Waals surface area contributed by atoms with Crippen LogP contribution in [0.4, 0.5) is 11.4 Å². The van der Waals surface area contributed by atoms with Crippen LogP contribution in [0.1, 0.15) is 28.7 Å². The highest BCUT2D eigenvalue weighted by Gasteiger charge is 2.41. The molecule has 0 unspecified atom stereocenters. The molecule has 2 heterocycles. The Morgan fingerprint density at radius 2 is 1.80 bits per heavy atom. The summed E-state index contributed by atoms with van der Waals surface area (Å²) in [5, 5.41) is 3.22. The van der Waals surface area contributed by atoms with E-state index < -0.39 is 5.25 Å². The first kappa shape index (κ1) is 20.5. The molecular weight excluding hydrogens is 396 g/mol. The maximum Gasteiger partial charge on any atom is 0.244 e. The highest BCUT2D eigenvalue weighted by molar-refractivity contribution is 8.15. The molecule has 2 aromatic rings. The van der Waals surface area contributed by atoms with E-state index in [1.807, 2.05) is 32.0 Å². The molecule has 2 amide bonds. The summed E-state index contributed by atoms with van der Waals surface area (Å²) in [6, 6.07) is 12.2. The van der Waals surface area contributed by atoms with E-state index in [0.717, 1.165) is 28.1 Å². The number of amides is 2. The Labute approximate surface area is 181 Å². The molecule has 156 valence electrons. The van der Waals surface area contributed by atoms with Gasteiger partial charge >= 0.3 is 0 Å². The number of amidine groups is 1. The second-order valence-corrected chi connectivity index (χ2v) is 9.17. The smallest absolute Gasteiger partial charge is 0.244 e. The number of benzene rings is 2. The normalized spacial score (nSPS) is 18.3. The number of anilines is 2. The number of fused-ring (bicyclic) bond motifs is 1. The number of aliphatic imine (C=N–C) groups is 1. The molecule has 0 bridgehead atoms. The van der Waals surface area contributed by atoms with Gasteiger partial charge in [0.25, 0.3) is 0 Å². The Bertz CT molecular complexity index is 1050. The number of hydrogen-bond acceptors (Lipinski definition) is 5. The minimum Gasteiger partial charge on any atom is -0.333 e. The number of carbonyl (C=O) groups is 2. The molecule has 0 aromatic heterocycles. The number of nitrogens with one attached hydrogen (secondary N) is 1. The van der Waals surface area contributed by atoms with E-state index >= 15 is 0 Å². The first-order valence-corrected chi connectivity index (χ1v) is 10.9. The minimum absolute atomic E-state index is 0.0519. The first-order chi connectivity index (χ1) is 14.3. The largest absolute Gasteiger partial charge is 0.333 e. The molecule has 2 aliphatic rings. The standard InChI is InChI=1S/C23H26N4O2S/c1-14-5-7-18(16(3)9-14)25-21(28)11-20-22(29)27-13-26(12-24-23(27)30-20)19-8-6-15(2)10-17(19)4/h5-10,20H,11-13H2,1-4H3,(H,25,28)/t20-/m1/s1. The number of hydrogen-bond donors (Lipinski definition) is 1. The van der Waals surface area contributed by atoms with E-state index in [0.29, 0.717) is 18.5 Å². The molecule has 30 heavy (non-hydrogen) atoms. The molecule has 2 aliphatic heterocycles. The molecule has 1 N–H and O–H groups in total. The molecule has 0 aliphatic carbocycles. The van der Waals surface area contributed by atoms with E-state index in [1.165, 1.54) is 17.3 Å². The van der Waals surface area contributed by atoms with Crippen LogP contribution in [0, 0.1) is 27.7 Å². The Hall–Kier alpha value is -2.80. The van der Waals surface area contributed by atoms with Crippen LogP contribution < -0.4 is 10.2 Å². The summed E-state index contributed by atoms with van der Waals surface area (Å²) < 4.78 is 0. The summed E-state index contributed by atoms with van der Waals surface area (Å²) in [6.45, 7) is 9.10. The molecule has 4 rings (SSSR count). The Kier molecular flexibility index (Phi) is 5.56. The van der Waals surface area contributed by atoms with Gasteiger partial charge in [-0.05, 0) is 51.0 Å². The maximum atomic E-state index is 13.0. The summed E-state index contributed by atoms with van der Waals surface area (Å²) in [4.78, 5) is 33.9. The number of thioether (sulfide) groups is 1. The van der Waals surface area contributed by atoms with Crippen molar-refractivity contribution >= 4 is 40.1 Å². The third-order valence-corrected chi connectivity index (χ3v) is 6.64. The Morgan fingerprint density at radius 3 is 2.50 bits per heavy atom. The van der Waals surface area contributed by atoms with Gasteiger partial charge in [-0.1, -0.05) is 47.2 Å². The molecular formula is C23H26N4O2S. The lowest BCUT2D eigenvalue weighted by Gasteiger charge is -2.33. The number of carbonyl (C=O) groups excluding carboxylic acids is 2. The van der Waals surface area contributed by atoms with E-state index in [2.05, 4.69) is 47.3 Å². The van der Waals surface area contributed by atoms with Crippen molar-refractivity contribution in [1.82, 2.24) is 4.90 Å². The fraction of sp³-hybridized carbons (Fsp3) is 0.348. The van der Waals surface area contributed by atoms with Crippen molar-refractivity contribution in [2.45, 2.75) is 39.4 Å². The fourth-order valence-corrected chi connectivity index (χ4v) is 5.01. The second kappa shape index (κ2) is 8.14. The van der Waals surface area contributed by atoms with Crippen molar-refractivity contribution in [3.05, 3.63) is 58.7 Å². The zero-order valence-electron chi connectivity index (χ0n) is 17.7.